The molecule has 1 atom stereocenters. The summed E-state index contributed by atoms with van der Waals surface area (Å²) in [6, 6.07) is 0. The molecule has 10 heavy (non-hydrogen) atoms. The Balaban J connectivity index is 2.41. The van der Waals surface area contributed by atoms with Gasteiger partial charge in [-0.3, -0.25) is 4.79 Å². The van der Waals surface area contributed by atoms with Gasteiger partial charge in [0.25, 0.3) is 0 Å². The molecule has 0 aromatic carbocycles. The van der Waals surface area contributed by atoms with Crippen molar-refractivity contribution in [3.05, 3.63) is 0 Å². The van der Waals surface area contributed by atoms with Crippen LogP contribution in [0.15, 0.2) is 0 Å². The van der Waals surface area contributed by atoms with Crippen LogP contribution >= 0.6 is 0 Å². The zero-order valence-electron chi connectivity index (χ0n) is 5.75. The van der Waals surface area contributed by atoms with E-state index in [0.29, 0.717) is 12.3 Å². The Morgan fingerprint density at radius 2 is 2.30 bits per heavy atom. The molecule has 1 unspecified atom stereocenters. The third-order valence-electron chi connectivity index (χ3n) is 1.91. The predicted molar refractivity (Wildman–Crippen MR) is 36.1 cm³/mol. The summed E-state index contributed by atoms with van der Waals surface area (Å²) < 4.78 is 0. The van der Waals surface area contributed by atoms with Gasteiger partial charge in [0.2, 0.25) is 5.91 Å². The number of rotatable bonds is 4. The van der Waals surface area contributed by atoms with Gasteiger partial charge in [-0.2, -0.15) is 0 Å². The Kier molecular flexibility index (Phi) is 2.04. The first-order valence-corrected chi connectivity index (χ1v) is 3.48. The predicted octanol–water partition coefficient (Wildman–Crippen LogP) is 0.0869. The molecule has 0 heterocycles. The number of carbonyl (C=O) groups excluding carboxylic acids is 2. The van der Waals surface area contributed by atoms with Gasteiger partial charge in [-0.1, -0.05) is 0 Å². The smallest absolute Gasteiger partial charge is 0.221 e. The average Bonchev–Trinajstić information content (AvgIpc) is 2.63. The highest BCUT2D eigenvalue weighted by atomic mass is 16.1. The lowest BCUT2D eigenvalue weighted by molar-refractivity contribution is -0.124. The number of carbonyl (C=O) groups is 2. The minimum Gasteiger partial charge on any atom is -0.369 e. The summed E-state index contributed by atoms with van der Waals surface area (Å²) in [5, 5.41) is 0. The largest absolute Gasteiger partial charge is 0.369 e. The number of amides is 1. The van der Waals surface area contributed by atoms with E-state index in [1.54, 1.807) is 0 Å². The van der Waals surface area contributed by atoms with E-state index in [0.717, 1.165) is 19.1 Å². The van der Waals surface area contributed by atoms with Crippen LogP contribution in [0, 0.1) is 11.8 Å². The van der Waals surface area contributed by atoms with Gasteiger partial charge in [-0.05, 0) is 18.8 Å². The fourth-order valence-corrected chi connectivity index (χ4v) is 1.14. The molecule has 1 aliphatic rings. The number of primary amides is 1. The van der Waals surface area contributed by atoms with Gasteiger partial charge in [0.05, 0.1) is 0 Å². The van der Waals surface area contributed by atoms with Gasteiger partial charge in [0.1, 0.15) is 6.29 Å². The lowest BCUT2D eigenvalue weighted by Gasteiger charge is -2.05. The van der Waals surface area contributed by atoms with Crippen molar-refractivity contribution in [1.29, 1.82) is 0 Å². The maximum atomic E-state index is 10.6. The van der Waals surface area contributed by atoms with Crippen LogP contribution in [-0.4, -0.2) is 12.2 Å². The van der Waals surface area contributed by atoms with Gasteiger partial charge < -0.3 is 10.5 Å². The minimum atomic E-state index is -0.324. The van der Waals surface area contributed by atoms with Crippen molar-refractivity contribution in [2.45, 2.75) is 19.3 Å². The van der Waals surface area contributed by atoms with Crippen molar-refractivity contribution < 1.29 is 9.59 Å². The van der Waals surface area contributed by atoms with E-state index in [-0.39, 0.29) is 11.8 Å². The standard InChI is InChI=1S/C7H11NO2/c8-7(10)6(3-4-9)5-1-2-5/h4-6H,1-3H2,(H2,8,10). The average molecular weight is 141 g/mol. The number of hydrogen-bond acceptors (Lipinski definition) is 2. The fourth-order valence-electron chi connectivity index (χ4n) is 1.14. The van der Waals surface area contributed by atoms with Crippen LogP contribution in [0.4, 0.5) is 0 Å². The molecule has 0 radical (unpaired) electrons. The summed E-state index contributed by atoms with van der Waals surface area (Å²) >= 11 is 0. The van der Waals surface area contributed by atoms with Gasteiger partial charge in [-0.15, -0.1) is 0 Å². The van der Waals surface area contributed by atoms with E-state index in [2.05, 4.69) is 0 Å². The van der Waals surface area contributed by atoms with Crippen LogP contribution in [0.3, 0.4) is 0 Å². The Morgan fingerprint density at radius 1 is 1.70 bits per heavy atom. The highest BCUT2D eigenvalue weighted by Gasteiger charge is 2.34. The summed E-state index contributed by atoms with van der Waals surface area (Å²) in [4.78, 5) is 20.7. The Bertz CT molecular complexity index is 152. The second-order valence-corrected chi connectivity index (χ2v) is 2.75. The topological polar surface area (TPSA) is 60.2 Å². The zero-order chi connectivity index (χ0) is 7.56. The molecule has 56 valence electrons. The summed E-state index contributed by atoms with van der Waals surface area (Å²) in [5.74, 6) is -0.102. The molecule has 1 aliphatic carbocycles. The first kappa shape index (κ1) is 7.25. The molecule has 3 nitrogen and oxygen atoms in total. The molecule has 2 N–H and O–H groups in total. The van der Waals surface area contributed by atoms with Gasteiger partial charge in [0.15, 0.2) is 0 Å². The van der Waals surface area contributed by atoms with Gasteiger partial charge >= 0.3 is 0 Å². The first-order valence-electron chi connectivity index (χ1n) is 3.48. The summed E-state index contributed by atoms with van der Waals surface area (Å²) in [7, 11) is 0. The molecule has 0 bridgehead atoms. The maximum Gasteiger partial charge on any atom is 0.221 e. The second-order valence-electron chi connectivity index (χ2n) is 2.75. The molecular formula is C7H11NO2. The second kappa shape index (κ2) is 2.82. The van der Waals surface area contributed by atoms with Crippen molar-refractivity contribution in [2.75, 3.05) is 0 Å². The van der Waals surface area contributed by atoms with Crippen LogP contribution in [0.25, 0.3) is 0 Å². The van der Waals surface area contributed by atoms with Crippen LogP contribution in [0.2, 0.25) is 0 Å². The zero-order valence-corrected chi connectivity index (χ0v) is 5.75. The summed E-state index contributed by atoms with van der Waals surface area (Å²) in [6.45, 7) is 0. The number of nitrogens with two attached hydrogens (primary N) is 1. The Hall–Kier alpha value is -0.860. The van der Waals surface area contributed by atoms with Crippen LogP contribution < -0.4 is 5.73 Å². The minimum absolute atomic E-state index is 0.183. The van der Waals surface area contributed by atoms with E-state index in [1.807, 2.05) is 0 Å². The van der Waals surface area contributed by atoms with Crippen molar-refractivity contribution in [1.82, 2.24) is 0 Å². The molecule has 1 rings (SSSR count). The van der Waals surface area contributed by atoms with E-state index >= 15 is 0 Å². The quantitative estimate of drug-likeness (QED) is 0.564. The first-order chi connectivity index (χ1) is 4.75. The van der Waals surface area contributed by atoms with Crippen molar-refractivity contribution in [3.8, 4) is 0 Å². The molecular weight excluding hydrogens is 130 g/mol. The molecule has 1 amide bonds. The van der Waals surface area contributed by atoms with Crippen LogP contribution in [0.1, 0.15) is 19.3 Å². The molecule has 1 fully saturated rings. The third-order valence-corrected chi connectivity index (χ3v) is 1.91. The maximum absolute atomic E-state index is 10.6. The molecule has 0 saturated heterocycles. The van der Waals surface area contributed by atoms with Crippen LogP contribution in [0.5, 0.6) is 0 Å². The third kappa shape index (κ3) is 1.56. The van der Waals surface area contributed by atoms with Crippen LogP contribution in [-0.2, 0) is 9.59 Å². The molecule has 0 aromatic heterocycles. The molecule has 0 aromatic rings. The highest BCUT2D eigenvalue weighted by Crippen LogP contribution is 2.37. The number of aldehydes is 1. The van der Waals surface area contributed by atoms with E-state index in [1.165, 1.54) is 0 Å². The summed E-state index contributed by atoms with van der Waals surface area (Å²) in [5.41, 5.74) is 5.07. The molecule has 3 heteroatoms. The summed E-state index contributed by atoms with van der Waals surface area (Å²) in [6.07, 6.45) is 3.19. The SMILES string of the molecule is NC(=O)C(CC=O)C1CC1. The van der Waals surface area contributed by atoms with Crippen molar-refractivity contribution >= 4 is 12.2 Å². The monoisotopic (exact) mass is 141 g/mol. The van der Waals surface area contributed by atoms with Gasteiger partial charge in [-0.25, -0.2) is 0 Å². The van der Waals surface area contributed by atoms with E-state index in [9.17, 15) is 9.59 Å². The van der Waals surface area contributed by atoms with E-state index < -0.39 is 0 Å². The molecule has 0 aliphatic heterocycles. The lowest BCUT2D eigenvalue weighted by atomic mass is 10.0. The molecule has 0 spiro atoms. The normalized spacial score (nSPS) is 20.0. The number of hydrogen-bond donors (Lipinski definition) is 1. The fraction of sp³-hybridized carbons (Fsp3) is 0.714. The Morgan fingerprint density at radius 3 is 2.60 bits per heavy atom. The molecule has 1 saturated carbocycles. The van der Waals surface area contributed by atoms with Crippen molar-refractivity contribution in [2.24, 2.45) is 17.6 Å². The Labute approximate surface area is 59.6 Å². The highest BCUT2D eigenvalue weighted by molar-refractivity contribution is 5.79. The van der Waals surface area contributed by atoms with Crippen molar-refractivity contribution in [3.63, 3.8) is 0 Å². The van der Waals surface area contributed by atoms with Gasteiger partial charge in [0, 0.05) is 12.3 Å². The van der Waals surface area contributed by atoms with E-state index in [4.69, 9.17) is 5.73 Å². The lowest BCUT2D eigenvalue weighted by Crippen LogP contribution is -2.25.